The van der Waals surface area contributed by atoms with Crippen LogP contribution in [-0.4, -0.2) is 21.7 Å². The van der Waals surface area contributed by atoms with Gasteiger partial charge in [0, 0.05) is 18.0 Å². The van der Waals surface area contributed by atoms with Crippen molar-refractivity contribution in [2.45, 2.75) is 25.3 Å². The molecule has 0 bridgehead atoms. The summed E-state index contributed by atoms with van der Waals surface area (Å²) in [5.41, 5.74) is 11.3. The Bertz CT molecular complexity index is 346. The number of nitrogens with two attached hydrogens (primary N) is 2. The van der Waals surface area contributed by atoms with Gasteiger partial charge in [-0.15, -0.1) is 0 Å². The molecule has 76 valence electrons. The Hall–Kier alpha value is -1.36. The molecule has 2 atom stereocenters. The molecule has 14 heavy (non-hydrogen) atoms. The van der Waals surface area contributed by atoms with Crippen LogP contribution in [0.3, 0.4) is 0 Å². The zero-order chi connectivity index (χ0) is 10.1. The number of nitrogen functional groups attached to an aromatic ring is 1. The smallest absolute Gasteiger partial charge is 0.251 e. The van der Waals surface area contributed by atoms with Gasteiger partial charge in [0.15, 0.2) is 0 Å². The Labute approximate surface area is 82.1 Å². The summed E-state index contributed by atoms with van der Waals surface area (Å²) in [6, 6.07) is 1.77. The van der Waals surface area contributed by atoms with Crippen molar-refractivity contribution >= 4 is 11.7 Å². The van der Waals surface area contributed by atoms with Crippen LogP contribution < -0.4 is 11.5 Å². The second-order valence-corrected chi connectivity index (χ2v) is 3.78. The fourth-order valence-corrected chi connectivity index (χ4v) is 1.91. The average Bonchev–Trinajstić information content (AvgIpc) is 2.73. The third kappa shape index (κ3) is 1.50. The van der Waals surface area contributed by atoms with Crippen molar-refractivity contribution in [1.29, 1.82) is 0 Å². The molecule has 0 radical (unpaired) electrons. The molecule has 0 amide bonds. The van der Waals surface area contributed by atoms with Gasteiger partial charge in [-0.3, -0.25) is 4.79 Å². The van der Waals surface area contributed by atoms with E-state index >= 15 is 0 Å². The van der Waals surface area contributed by atoms with Gasteiger partial charge in [0.2, 0.25) is 0 Å². The minimum atomic E-state index is -0.0274. The van der Waals surface area contributed by atoms with E-state index in [1.54, 1.807) is 6.07 Å². The molecule has 1 aliphatic carbocycles. The van der Waals surface area contributed by atoms with Crippen molar-refractivity contribution < 1.29 is 4.79 Å². The van der Waals surface area contributed by atoms with E-state index in [4.69, 9.17) is 11.5 Å². The van der Waals surface area contributed by atoms with Crippen LogP contribution in [-0.2, 0) is 0 Å². The average molecular weight is 194 g/mol. The van der Waals surface area contributed by atoms with Gasteiger partial charge in [-0.05, 0) is 19.3 Å². The van der Waals surface area contributed by atoms with E-state index in [1.165, 1.54) is 10.9 Å². The van der Waals surface area contributed by atoms with E-state index in [2.05, 4.69) is 5.10 Å². The van der Waals surface area contributed by atoms with Gasteiger partial charge in [0.1, 0.15) is 5.82 Å². The first-order valence-electron chi connectivity index (χ1n) is 4.78. The van der Waals surface area contributed by atoms with Crippen LogP contribution in [0.1, 0.15) is 24.1 Å². The largest absolute Gasteiger partial charge is 0.383 e. The third-order valence-electron chi connectivity index (χ3n) is 2.70. The molecule has 0 saturated heterocycles. The number of anilines is 1. The van der Waals surface area contributed by atoms with E-state index in [0.29, 0.717) is 5.82 Å². The highest BCUT2D eigenvalue weighted by Crippen LogP contribution is 2.25. The maximum absolute atomic E-state index is 11.8. The summed E-state index contributed by atoms with van der Waals surface area (Å²) in [5.74, 6) is 0.364. The number of hydrogen-bond donors (Lipinski definition) is 2. The lowest BCUT2D eigenvalue weighted by atomic mass is 10.1. The molecule has 1 fully saturated rings. The molecular formula is C9H14N4O. The van der Waals surface area contributed by atoms with Crippen LogP contribution in [0.4, 0.5) is 5.82 Å². The molecule has 1 aliphatic rings. The van der Waals surface area contributed by atoms with Crippen molar-refractivity contribution in [2.75, 3.05) is 5.73 Å². The maximum atomic E-state index is 11.8. The maximum Gasteiger partial charge on any atom is 0.251 e. The van der Waals surface area contributed by atoms with E-state index in [1.807, 2.05) is 0 Å². The molecule has 5 heteroatoms. The highest BCUT2D eigenvalue weighted by atomic mass is 16.2. The normalized spacial score (nSPS) is 26.6. The SMILES string of the molecule is Nc1ccnn1C(=O)C1CCC(N)C1. The van der Waals surface area contributed by atoms with Crippen LogP contribution in [0, 0.1) is 5.92 Å². The zero-order valence-electron chi connectivity index (χ0n) is 7.89. The van der Waals surface area contributed by atoms with Crippen molar-refractivity contribution in [1.82, 2.24) is 9.78 Å². The van der Waals surface area contributed by atoms with E-state index in [9.17, 15) is 4.79 Å². The van der Waals surface area contributed by atoms with Crippen molar-refractivity contribution in [3.05, 3.63) is 12.3 Å². The first kappa shape index (κ1) is 9.21. The Morgan fingerprint density at radius 2 is 2.36 bits per heavy atom. The van der Waals surface area contributed by atoms with Crippen molar-refractivity contribution in [3.63, 3.8) is 0 Å². The van der Waals surface area contributed by atoms with Crippen LogP contribution in [0.5, 0.6) is 0 Å². The zero-order valence-corrected chi connectivity index (χ0v) is 7.89. The van der Waals surface area contributed by atoms with Gasteiger partial charge in [0.25, 0.3) is 5.91 Å². The van der Waals surface area contributed by atoms with Crippen LogP contribution in [0.25, 0.3) is 0 Å². The van der Waals surface area contributed by atoms with Crippen molar-refractivity contribution in [3.8, 4) is 0 Å². The van der Waals surface area contributed by atoms with Crippen molar-refractivity contribution in [2.24, 2.45) is 11.7 Å². The van der Waals surface area contributed by atoms with Crippen LogP contribution in [0.15, 0.2) is 12.3 Å². The monoisotopic (exact) mass is 194 g/mol. The van der Waals surface area contributed by atoms with E-state index in [0.717, 1.165) is 19.3 Å². The quantitative estimate of drug-likeness (QED) is 0.670. The predicted octanol–water partition coefficient (Wildman–Crippen LogP) is 0.233. The molecule has 2 unspecified atom stereocenters. The van der Waals surface area contributed by atoms with Crippen LogP contribution >= 0.6 is 0 Å². The summed E-state index contributed by atoms with van der Waals surface area (Å²) in [6.45, 7) is 0. The molecule has 2 rings (SSSR count). The molecule has 4 N–H and O–H groups in total. The fraction of sp³-hybridized carbons (Fsp3) is 0.556. The Morgan fingerprint density at radius 1 is 1.57 bits per heavy atom. The number of hydrogen-bond acceptors (Lipinski definition) is 4. The summed E-state index contributed by atoms with van der Waals surface area (Å²) < 4.78 is 1.27. The molecule has 1 heterocycles. The summed E-state index contributed by atoms with van der Waals surface area (Å²) in [5, 5.41) is 3.89. The Balaban J connectivity index is 2.13. The summed E-state index contributed by atoms with van der Waals surface area (Å²) >= 11 is 0. The van der Waals surface area contributed by atoms with Gasteiger partial charge in [0.05, 0.1) is 6.20 Å². The van der Waals surface area contributed by atoms with Gasteiger partial charge in [-0.25, -0.2) is 0 Å². The molecule has 1 saturated carbocycles. The van der Waals surface area contributed by atoms with Gasteiger partial charge < -0.3 is 11.5 Å². The summed E-state index contributed by atoms with van der Waals surface area (Å²) in [7, 11) is 0. The summed E-state index contributed by atoms with van der Waals surface area (Å²) in [6.07, 6.45) is 4.04. The van der Waals surface area contributed by atoms with E-state index < -0.39 is 0 Å². The minimum Gasteiger partial charge on any atom is -0.383 e. The topological polar surface area (TPSA) is 86.9 Å². The molecule has 1 aromatic rings. The van der Waals surface area contributed by atoms with E-state index in [-0.39, 0.29) is 17.9 Å². The second kappa shape index (κ2) is 3.42. The number of carbonyl (C=O) groups excluding carboxylic acids is 1. The lowest BCUT2D eigenvalue weighted by Crippen LogP contribution is -2.24. The highest BCUT2D eigenvalue weighted by molar-refractivity contribution is 5.83. The summed E-state index contributed by atoms with van der Waals surface area (Å²) in [4.78, 5) is 11.8. The lowest BCUT2D eigenvalue weighted by Gasteiger charge is -2.08. The number of nitrogens with zero attached hydrogens (tertiary/aromatic N) is 2. The lowest BCUT2D eigenvalue weighted by molar-refractivity contribution is 0.0822. The first-order chi connectivity index (χ1) is 6.68. The number of rotatable bonds is 1. The second-order valence-electron chi connectivity index (χ2n) is 3.78. The molecule has 1 aromatic heterocycles. The fourth-order valence-electron chi connectivity index (χ4n) is 1.91. The third-order valence-corrected chi connectivity index (χ3v) is 2.70. The highest BCUT2D eigenvalue weighted by Gasteiger charge is 2.29. The first-order valence-corrected chi connectivity index (χ1v) is 4.78. The molecule has 0 aliphatic heterocycles. The number of aromatic nitrogens is 2. The van der Waals surface area contributed by atoms with Gasteiger partial charge in [-0.2, -0.15) is 9.78 Å². The predicted molar refractivity (Wildman–Crippen MR) is 52.6 cm³/mol. The molecule has 5 nitrogen and oxygen atoms in total. The van der Waals surface area contributed by atoms with Crippen LogP contribution in [0.2, 0.25) is 0 Å². The Morgan fingerprint density at radius 3 is 2.86 bits per heavy atom. The standard InChI is InChI=1S/C9H14N4O/c10-7-2-1-6(5-7)9(14)13-8(11)3-4-12-13/h3-4,6-7H,1-2,5,10-11H2. The molecule has 0 spiro atoms. The van der Waals surface area contributed by atoms with Gasteiger partial charge in [-0.1, -0.05) is 0 Å². The number of carbonyl (C=O) groups is 1. The van der Waals surface area contributed by atoms with Gasteiger partial charge >= 0.3 is 0 Å². The molecule has 0 aromatic carbocycles. The minimum absolute atomic E-state index is 0.00722. The Kier molecular flexibility index (Phi) is 2.25. The molecular weight excluding hydrogens is 180 g/mol.